The van der Waals surface area contributed by atoms with E-state index in [9.17, 15) is 12.8 Å². The van der Waals surface area contributed by atoms with E-state index < -0.39 is 15.8 Å². The fraction of sp³-hybridized carbons (Fsp3) is 0.400. The second-order valence-corrected chi connectivity index (χ2v) is 9.94. The van der Waals surface area contributed by atoms with Crippen LogP contribution in [0.2, 0.25) is 0 Å². The molecule has 9 heteroatoms. The molecule has 0 saturated carbocycles. The van der Waals surface area contributed by atoms with Gasteiger partial charge >= 0.3 is 0 Å². The zero-order valence-corrected chi connectivity index (χ0v) is 17.6. The summed E-state index contributed by atoms with van der Waals surface area (Å²) in [5, 5.41) is 0.154. The minimum atomic E-state index is -3.77. The van der Waals surface area contributed by atoms with Gasteiger partial charge in [0.05, 0.1) is 11.5 Å². The predicted octanol–water partition coefficient (Wildman–Crippen LogP) is 3.82. The molecule has 0 aromatic heterocycles. The SMILES string of the molecule is CCOc1ccc(S(=O)(=O)N2CCSC(c3ccc4c(c3)OCO4)CC2)cc1F. The van der Waals surface area contributed by atoms with Crippen LogP contribution in [0.25, 0.3) is 0 Å². The summed E-state index contributed by atoms with van der Waals surface area (Å²) in [6, 6.07) is 9.65. The number of thioether (sulfide) groups is 1. The predicted molar refractivity (Wildman–Crippen MR) is 109 cm³/mol. The third kappa shape index (κ3) is 4.17. The molecular formula is C20H22FNO5S2. The van der Waals surface area contributed by atoms with Gasteiger partial charge in [0.25, 0.3) is 0 Å². The highest BCUT2D eigenvalue weighted by Crippen LogP contribution is 2.40. The first kappa shape index (κ1) is 20.3. The third-order valence-electron chi connectivity index (χ3n) is 4.91. The summed E-state index contributed by atoms with van der Waals surface area (Å²) in [6.45, 7) is 3.02. The molecule has 1 saturated heterocycles. The molecule has 0 spiro atoms. The lowest BCUT2D eigenvalue weighted by molar-refractivity contribution is 0.174. The van der Waals surface area contributed by atoms with E-state index in [1.807, 2.05) is 18.2 Å². The number of halogens is 1. The molecule has 2 aromatic rings. The third-order valence-corrected chi connectivity index (χ3v) is 8.13. The van der Waals surface area contributed by atoms with Gasteiger partial charge in [-0.15, -0.1) is 0 Å². The number of benzene rings is 2. The van der Waals surface area contributed by atoms with Crippen molar-refractivity contribution in [3.05, 3.63) is 47.8 Å². The van der Waals surface area contributed by atoms with Gasteiger partial charge < -0.3 is 14.2 Å². The van der Waals surface area contributed by atoms with Crippen molar-refractivity contribution in [2.75, 3.05) is 32.2 Å². The molecule has 6 nitrogen and oxygen atoms in total. The van der Waals surface area contributed by atoms with Gasteiger partial charge in [-0.25, -0.2) is 12.8 Å². The smallest absolute Gasteiger partial charge is 0.243 e. The Morgan fingerprint density at radius 1 is 1.17 bits per heavy atom. The number of nitrogens with zero attached hydrogens (tertiary/aromatic N) is 1. The van der Waals surface area contributed by atoms with Gasteiger partial charge in [0.1, 0.15) is 0 Å². The summed E-state index contributed by atoms with van der Waals surface area (Å²) in [5.41, 5.74) is 1.09. The van der Waals surface area contributed by atoms with E-state index in [1.54, 1.807) is 18.7 Å². The quantitative estimate of drug-likeness (QED) is 0.706. The molecule has 0 aliphatic carbocycles. The Kier molecular flexibility index (Phi) is 5.89. The maximum absolute atomic E-state index is 14.2. The van der Waals surface area contributed by atoms with E-state index >= 15 is 0 Å². The number of fused-ring (bicyclic) bond motifs is 1. The van der Waals surface area contributed by atoms with Crippen LogP contribution in [-0.4, -0.2) is 45.0 Å². The minimum Gasteiger partial charge on any atom is -0.491 e. The molecule has 29 heavy (non-hydrogen) atoms. The first-order valence-corrected chi connectivity index (χ1v) is 11.9. The highest BCUT2D eigenvalue weighted by molar-refractivity contribution is 7.99. The van der Waals surface area contributed by atoms with Gasteiger partial charge in [-0.3, -0.25) is 0 Å². The summed E-state index contributed by atoms with van der Waals surface area (Å²) in [7, 11) is -3.77. The molecule has 0 amide bonds. The number of hydrogen-bond donors (Lipinski definition) is 0. The van der Waals surface area contributed by atoms with Gasteiger partial charge in [-0.2, -0.15) is 16.1 Å². The largest absolute Gasteiger partial charge is 0.491 e. The van der Waals surface area contributed by atoms with Gasteiger partial charge in [-0.1, -0.05) is 6.07 Å². The van der Waals surface area contributed by atoms with Crippen LogP contribution in [0.15, 0.2) is 41.3 Å². The van der Waals surface area contributed by atoms with E-state index in [2.05, 4.69) is 0 Å². The highest BCUT2D eigenvalue weighted by atomic mass is 32.2. The van der Waals surface area contributed by atoms with Crippen molar-refractivity contribution in [2.24, 2.45) is 0 Å². The Bertz CT molecular complexity index is 998. The van der Waals surface area contributed by atoms with Crippen LogP contribution in [0.5, 0.6) is 17.2 Å². The van der Waals surface area contributed by atoms with E-state index in [4.69, 9.17) is 14.2 Å². The van der Waals surface area contributed by atoms with Crippen LogP contribution in [0.1, 0.15) is 24.2 Å². The molecule has 156 valence electrons. The average Bonchev–Trinajstić information content (AvgIpc) is 3.03. The van der Waals surface area contributed by atoms with E-state index in [1.165, 1.54) is 16.4 Å². The molecule has 1 atom stereocenters. The Morgan fingerprint density at radius 3 is 2.79 bits per heavy atom. The van der Waals surface area contributed by atoms with Gasteiger partial charge in [0.2, 0.25) is 16.8 Å². The Labute approximate surface area is 174 Å². The topological polar surface area (TPSA) is 65.1 Å². The molecule has 2 aromatic carbocycles. The van der Waals surface area contributed by atoms with E-state index in [0.717, 1.165) is 23.1 Å². The van der Waals surface area contributed by atoms with E-state index in [0.29, 0.717) is 31.9 Å². The van der Waals surface area contributed by atoms with Crippen LogP contribution in [0.4, 0.5) is 4.39 Å². The van der Waals surface area contributed by atoms with E-state index in [-0.39, 0.29) is 22.7 Å². The van der Waals surface area contributed by atoms with Gasteiger partial charge in [-0.05, 0) is 49.2 Å². The highest BCUT2D eigenvalue weighted by Gasteiger charge is 2.29. The molecule has 2 heterocycles. The van der Waals surface area contributed by atoms with Gasteiger partial charge in [0.15, 0.2) is 23.1 Å². The number of ether oxygens (including phenoxy) is 3. The molecule has 0 radical (unpaired) electrons. The molecule has 2 aliphatic heterocycles. The number of sulfonamides is 1. The minimum absolute atomic E-state index is 0.0509. The second kappa shape index (κ2) is 8.41. The zero-order valence-electron chi connectivity index (χ0n) is 16.0. The summed E-state index contributed by atoms with van der Waals surface area (Å²) >= 11 is 1.71. The standard InChI is InChI=1S/C20H22FNO5S2/c1-2-25-17-6-4-15(12-16(17)21)29(23,24)22-8-7-20(28-10-9-22)14-3-5-18-19(11-14)27-13-26-18/h3-6,11-12,20H,2,7-10,13H2,1H3. The summed E-state index contributed by atoms with van der Waals surface area (Å²) < 4.78 is 57.6. The summed E-state index contributed by atoms with van der Waals surface area (Å²) in [5.74, 6) is 1.49. The van der Waals surface area contributed by atoms with Crippen molar-refractivity contribution in [1.29, 1.82) is 0 Å². The van der Waals surface area contributed by atoms with Crippen molar-refractivity contribution in [3.8, 4) is 17.2 Å². The first-order valence-electron chi connectivity index (χ1n) is 9.42. The Hall–Kier alpha value is -1.97. The van der Waals surface area contributed by atoms with Crippen molar-refractivity contribution in [1.82, 2.24) is 4.31 Å². The first-order chi connectivity index (χ1) is 14.0. The average molecular weight is 440 g/mol. The van der Waals surface area contributed by atoms with Crippen LogP contribution in [0, 0.1) is 5.82 Å². The fourth-order valence-corrected chi connectivity index (χ4v) is 6.24. The monoisotopic (exact) mass is 439 g/mol. The van der Waals surface area contributed by atoms with Crippen LogP contribution in [-0.2, 0) is 10.0 Å². The normalized spacial score (nSPS) is 19.7. The fourth-order valence-electron chi connectivity index (χ4n) is 3.43. The number of rotatable bonds is 5. The maximum atomic E-state index is 14.2. The zero-order chi connectivity index (χ0) is 20.4. The Morgan fingerprint density at radius 2 is 2.00 bits per heavy atom. The molecule has 0 bridgehead atoms. The van der Waals surface area contributed by atoms with Crippen LogP contribution < -0.4 is 14.2 Å². The maximum Gasteiger partial charge on any atom is 0.243 e. The second-order valence-electron chi connectivity index (χ2n) is 6.69. The van der Waals surface area contributed by atoms with Crippen molar-refractivity contribution < 1.29 is 27.0 Å². The van der Waals surface area contributed by atoms with Crippen molar-refractivity contribution in [3.63, 3.8) is 0 Å². The lowest BCUT2D eigenvalue weighted by Crippen LogP contribution is -2.33. The van der Waals surface area contributed by atoms with Crippen molar-refractivity contribution >= 4 is 21.8 Å². The van der Waals surface area contributed by atoms with Gasteiger partial charge in [0, 0.05) is 24.1 Å². The molecular weight excluding hydrogens is 417 g/mol. The molecule has 0 N–H and O–H groups in total. The molecule has 2 aliphatic rings. The molecule has 1 fully saturated rings. The molecule has 4 rings (SSSR count). The van der Waals surface area contributed by atoms with Crippen molar-refractivity contribution in [2.45, 2.75) is 23.5 Å². The number of hydrogen-bond acceptors (Lipinski definition) is 6. The summed E-state index contributed by atoms with van der Waals surface area (Å²) in [4.78, 5) is -0.0509. The van der Waals surface area contributed by atoms with Crippen LogP contribution in [0.3, 0.4) is 0 Å². The summed E-state index contributed by atoms with van der Waals surface area (Å²) in [6.07, 6.45) is 0.656. The lowest BCUT2D eigenvalue weighted by atomic mass is 10.1. The Balaban J connectivity index is 1.49. The van der Waals surface area contributed by atoms with Crippen LogP contribution >= 0.6 is 11.8 Å². The lowest BCUT2D eigenvalue weighted by Gasteiger charge is -2.20. The molecule has 1 unspecified atom stereocenters.